The molecule has 0 amide bonds. The van der Waals surface area contributed by atoms with E-state index in [1.54, 1.807) is 6.33 Å². The molecule has 0 unspecified atom stereocenters. The van der Waals surface area contributed by atoms with Crippen molar-refractivity contribution in [3.63, 3.8) is 0 Å². The van der Waals surface area contributed by atoms with E-state index in [9.17, 15) is 5.11 Å². The second-order valence-corrected chi connectivity index (χ2v) is 9.75. The van der Waals surface area contributed by atoms with E-state index in [2.05, 4.69) is 37.8 Å². The summed E-state index contributed by atoms with van der Waals surface area (Å²) >= 11 is 0. The molecule has 180 valence electrons. The predicted octanol–water partition coefficient (Wildman–Crippen LogP) is 5.02. The summed E-state index contributed by atoms with van der Waals surface area (Å²) in [5.41, 5.74) is 9.38. The molecule has 1 aliphatic heterocycles. The van der Waals surface area contributed by atoms with Gasteiger partial charge in [-0.1, -0.05) is 30.3 Å². The molecule has 2 aromatic carbocycles. The fourth-order valence-electron chi connectivity index (χ4n) is 5.73. The molecular formula is C28H31N5O2. The van der Waals surface area contributed by atoms with Crippen LogP contribution >= 0.6 is 0 Å². The van der Waals surface area contributed by atoms with Crippen molar-refractivity contribution in [2.24, 2.45) is 0 Å². The minimum Gasteiger partial charge on any atom is -0.457 e. The summed E-state index contributed by atoms with van der Waals surface area (Å²) in [4.78, 5) is 11.4. The van der Waals surface area contributed by atoms with E-state index in [0.29, 0.717) is 17.9 Å². The molecule has 2 aliphatic rings. The first-order valence-corrected chi connectivity index (χ1v) is 12.5. The zero-order chi connectivity index (χ0) is 23.8. The Kier molecular flexibility index (Phi) is 5.88. The second-order valence-electron chi connectivity index (χ2n) is 9.75. The van der Waals surface area contributed by atoms with Gasteiger partial charge in [0.15, 0.2) is 0 Å². The van der Waals surface area contributed by atoms with E-state index in [4.69, 9.17) is 10.5 Å². The molecular weight excluding hydrogens is 438 g/mol. The number of nitrogens with two attached hydrogens (primary N) is 1. The molecule has 1 saturated carbocycles. The van der Waals surface area contributed by atoms with Crippen LogP contribution in [0.2, 0.25) is 0 Å². The Labute approximate surface area is 205 Å². The summed E-state index contributed by atoms with van der Waals surface area (Å²) in [6.07, 6.45) is 8.96. The summed E-state index contributed by atoms with van der Waals surface area (Å²) in [7, 11) is 0. The molecule has 1 atom stereocenters. The number of rotatable bonds is 5. The van der Waals surface area contributed by atoms with Crippen LogP contribution in [0, 0.1) is 0 Å². The fourth-order valence-corrected chi connectivity index (χ4v) is 5.73. The average Bonchev–Trinajstić information content (AvgIpc) is 3.50. The minimum absolute atomic E-state index is 0.159. The molecule has 4 aromatic rings. The number of ether oxygens (including phenoxy) is 1. The van der Waals surface area contributed by atoms with Gasteiger partial charge in [-0.3, -0.25) is 4.90 Å². The van der Waals surface area contributed by atoms with Crippen LogP contribution in [0.5, 0.6) is 11.5 Å². The summed E-state index contributed by atoms with van der Waals surface area (Å²) in [5.74, 6) is 2.11. The number of para-hydroxylation sites is 1. The highest BCUT2D eigenvalue weighted by molar-refractivity contribution is 6.00. The number of aromatic nitrogens is 3. The molecule has 0 spiro atoms. The van der Waals surface area contributed by atoms with Gasteiger partial charge < -0.3 is 20.1 Å². The predicted molar refractivity (Wildman–Crippen MR) is 137 cm³/mol. The Balaban J connectivity index is 1.26. The first-order valence-electron chi connectivity index (χ1n) is 12.5. The molecule has 35 heavy (non-hydrogen) atoms. The first-order chi connectivity index (χ1) is 17.2. The molecule has 2 fully saturated rings. The van der Waals surface area contributed by atoms with Gasteiger partial charge >= 0.3 is 0 Å². The third-order valence-corrected chi connectivity index (χ3v) is 7.55. The number of β-amino-alcohol motifs (C(OH)–C–C–N with tert-alkyl or cyclic N) is 1. The molecule has 7 heteroatoms. The Hall–Kier alpha value is -3.42. The largest absolute Gasteiger partial charge is 0.457 e. The van der Waals surface area contributed by atoms with Gasteiger partial charge in [0.2, 0.25) is 0 Å². The van der Waals surface area contributed by atoms with Crippen molar-refractivity contribution >= 4 is 16.9 Å². The van der Waals surface area contributed by atoms with Crippen molar-refractivity contribution < 1.29 is 9.84 Å². The molecule has 0 radical (unpaired) electrons. The maximum atomic E-state index is 9.93. The fraction of sp³-hybridized carbons (Fsp3) is 0.357. The number of hydrogen-bond donors (Lipinski definition) is 2. The van der Waals surface area contributed by atoms with Crippen molar-refractivity contribution in [1.82, 2.24) is 19.4 Å². The minimum atomic E-state index is -0.159. The number of likely N-dealkylation sites (tertiary alicyclic amines) is 1. The van der Waals surface area contributed by atoms with E-state index in [1.807, 2.05) is 42.5 Å². The highest BCUT2D eigenvalue weighted by Crippen LogP contribution is 2.39. The van der Waals surface area contributed by atoms with E-state index in [1.165, 1.54) is 0 Å². The lowest BCUT2D eigenvalue weighted by molar-refractivity contribution is 0.132. The molecule has 3 N–H and O–H groups in total. The van der Waals surface area contributed by atoms with Crippen LogP contribution < -0.4 is 10.5 Å². The zero-order valence-electron chi connectivity index (χ0n) is 19.8. The molecule has 0 bridgehead atoms. The first kappa shape index (κ1) is 22.1. The summed E-state index contributed by atoms with van der Waals surface area (Å²) in [5, 5.41) is 10.8. The van der Waals surface area contributed by atoms with Gasteiger partial charge in [0.25, 0.3) is 0 Å². The van der Waals surface area contributed by atoms with E-state index in [-0.39, 0.29) is 6.10 Å². The average molecular weight is 470 g/mol. The van der Waals surface area contributed by atoms with Gasteiger partial charge in [-0.2, -0.15) is 0 Å². The number of aliphatic hydroxyl groups is 1. The molecule has 7 nitrogen and oxygen atoms in total. The quantitative estimate of drug-likeness (QED) is 0.426. The molecule has 1 saturated heterocycles. The Morgan fingerprint density at radius 3 is 2.29 bits per heavy atom. The van der Waals surface area contributed by atoms with Crippen molar-refractivity contribution in [3.8, 4) is 22.6 Å². The number of benzene rings is 2. The van der Waals surface area contributed by atoms with Crippen molar-refractivity contribution in [3.05, 3.63) is 67.1 Å². The van der Waals surface area contributed by atoms with Crippen molar-refractivity contribution in [2.75, 3.05) is 18.8 Å². The Bertz CT molecular complexity index is 1300. The Morgan fingerprint density at radius 1 is 0.857 bits per heavy atom. The van der Waals surface area contributed by atoms with Gasteiger partial charge in [0.1, 0.15) is 29.3 Å². The van der Waals surface area contributed by atoms with Crippen molar-refractivity contribution in [1.29, 1.82) is 0 Å². The van der Waals surface area contributed by atoms with Crippen molar-refractivity contribution in [2.45, 2.75) is 50.3 Å². The normalized spacial score (nSPS) is 23.1. The highest BCUT2D eigenvalue weighted by atomic mass is 16.5. The van der Waals surface area contributed by atoms with Gasteiger partial charge in [-0.25, -0.2) is 9.97 Å². The molecule has 2 aromatic heterocycles. The lowest BCUT2D eigenvalue weighted by atomic mass is 9.90. The van der Waals surface area contributed by atoms with Gasteiger partial charge in [-0.15, -0.1) is 0 Å². The van der Waals surface area contributed by atoms with Gasteiger partial charge in [-0.05, 0) is 61.9 Å². The van der Waals surface area contributed by atoms with Crippen LogP contribution in [0.15, 0.2) is 67.1 Å². The van der Waals surface area contributed by atoms with E-state index in [0.717, 1.165) is 78.9 Å². The zero-order valence-corrected chi connectivity index (χ0v) is 19.8. The summed E-state index contributed by atoms with van der Waals surface area (Å²) in [6, 6.07) is 18.8. The number of nitrogens with zero attached hydrogens (tertiary/aromatic N) is 4. The smallest absolute Gasteiger partial charge is 0.146 e. The molecule has 6 rings (SSSR count). The standard InChI is InChI=1S/C28H31N5O2/c29-27-26-25(19-6-12-24(13-7-19)35-23-4-2-1-3-5-23)17-33(28(26)31-18-30-27)21-10-8-20(9-11-21)32-15-14-22(34)16-32/h1-7,12-13,17-18,20-22,34H,8-11,14-16H2,(H2,29,30,31)/t20-,21+,22-/m1/s1. The number of aliphatic hydroxyl groups excluding tert-OH is 1. The molecule has 1 aliphatic carbocycles. The Morgan fingerprint density at radius 2 is 1.57 bits per heavy atom. The third-order valence-electron chi connectivity index (χ3n) is 7.55. The topological polar surface area (TPSA) is 89.4 Å². The van der Waals surface area contributed by atoms with E-state index < -0.39 is 0 Å². The maximum absolute atomic E-state index is 9.93. The number of anilines is 1. The van der Waals surface area contributed by atoms with Gasteiger partial charge in [0.05, 0.1) is 11.5 Å². The lowest BCUT2D eigenvalue weighted by Gasteiger charge is -2.35. The second kappa shape index (κ2) is 9.32. The van der Waals surface area contributed by atoms with Gasteiger partial charge in [0, 0.05) is 36.9 Å². The van der Waals surface area contributed by atoms with Crippen LogP contribution in [-0.4, -0.2) is 49.8 Å². The van der Waals surface area contributed by atoms with Crippen LogP contribution in [0.4, 0.5) is 5.82 Å². The summed E-state index contributed by atoms with van der Waals surface area (Å²) in [6.45, 7) is 1.83. The number of fused-ring (bicyclic) bond motifs is 1. The lowest BCUT2D eigenvalue weighted by Crippen LogP contribution is -2.37. The van der Waals surface area contributed by atoms with Crippen LogP contribution in [0.25, 0.3) is 22.2 Å². The highest BCUT2D eigenvalue weighted by Gasteiger charge is 2.32. The summed E-state index contributed by atoms with van der Waals surface area (Å²) < 4.78 is 8.28. The number of hydrogen-bond acceptors (Lipinski definition) is 6. The molecule has 3 heterocycles. The van der Waals surface area contributed by atoms with Crippen LogP contribution in [-0.2, 0) is 0 Å². The van der Waals surface area contributed by atoms with Crippen LogP contribution in [0.3, 0.4) is 0 Å². The number of nitrogen functional groups attached to an aromatic ring is 1. The van der Waals surface area contributed by atoms with Crippen LogP contribution in [0.1, 0.15) is 38.1 Å². The third kappa shape index (κ3) is 4.37. The van der Waals surface area contributed by atoms with E-state index >= 15 is 0 Å². The monoisotopic (exact) mass is 469 g/mol. The maximum Gasteiger partial charge on any atom is 0.146 e. The SMILES string of the molecule is Nc1ncnc2c1c(-c1ccc(Oc3ccccc3)cc1)cn2[C@H]1CC[C@@H](N2CC[C@@H](O)C2)CC1.